The molecular formula is C15H17F3O2. The Labute approximate surface area is 116 Å². The highest BCUT2D eigenvalue weighted by Gasteiger charge is 2.56. The van der Waals surface area contributed by atoms with Gasteiger partial charge in [0.25, 0.3) is 0 Å². The minimum Gasteiger partial charge on any atom is -0.431 e. The number of rotatable bonds is 4. The molecule has 0 aliphatic carbocycles. The number of hydrogen-bond acceptors (Lipinski definition) is 2. The normalized spacial score (nSPS) is 15.6. The maximum Gasteiger partial charge on any atom is 0.404 e. The SMILES string of the molecule is CCC(C)(C(=O)O/C(C)=C\c1ccccc1)C(F)(F)F. The largest absolute Gasteiger partial charge is 0.431 e. The summed E-state index contributed by atoms with van der Waals surface area (Å²) in [5, 5.41) is 0. The molecule has 1 atom stereocenters. The molecule has 2 nitrogen and oxygen atoms in total. The lowest BCUT2D eigenvalue weighted by molar-refractivity contribution is -0.228. The number of esters is 1. The molecule has 110 valence electrons. The lowest BCUT2D eigenvalue weighted by Crippen LogP contribution is -2.42. The molecule has 0 fully saturated rings. The molecule has 0 radical (unpaired) electrons. The molecule has 0 saturated carbocycles. The summed E-state index contributed by atoms with van der Waals surface area (Å²) >= 11 is 0. The second kappa shape index (κ2) is 6.11. The van der Waals surface area contributed by atoms with Gasteiger partial charge in [0.15, 0.2) is 5.41 Å². The van der Waals surface area contributed by atoms with Crippen molar-refractivity contribution in [3.63, 3.8) is 0 Å². The van der Waals surface area contributed by atoms with Crippen LogP contribution < -0.4 is 0 Å². The zero-order valence-corrected chi connectivity index (χ0v) is 11.6. The molecule has 5 heteroatoms. The first-order valence-electron chi connectivity index (χ1n) is 6.23. The summed E-state index contributed by atoms with van der Waals surface area (Å²) in [5.41, 5.74) is -1.73. The van der Waals surface area contributed by atoms with Crippen LogP contribution >= 0.6 is 0 Å². The van der Waals surface area contributed by atoms with E-state index in [4.69, 9.17) is 4.74 Å². The second-order valence-corrected chi connectivity index (χ2v) is 4.74. The van der Waals surface area contributed by atoms with Gasteiger partial charge < -0.3 is 4.74 Å². The van der Waals surface area contributed by atoms with Gasteiger partial charge in [-0.2, -0.15) is 13.2 Å². The molecule has 0 spiro atoms. The van der Waals surface area contributed by atoms with Crippen molar-refractivity contribution in [3.8, 4) is 0 Å². The molecule has 0 aliphatic rings. The lowest BCUT2D eigenvalue weighted by Gasteiger charge is -2.28. The number of benzene rings is 1. The van der Waals surface area contributed by atoms with Gasteiger partial charge >= 0.3 is 12.1 Å². The third kappa shape index (κ3) is 3.62. The van der Waals surface area contributed by atoms with Crippen molar-refractivity contribution in [2.45, 2.75) is 33.4 Å². The van der Waals surface area contributed by atoms with Crippen molar-refractivity contribution in [3.05, 3.63) is 41.7 Å². The third-order valence-electron chi connectivity index (χ3n) is 3.21. The Morgan fingerprint density at radius 3 is 2.25 bits per heavy atom. The van der Waals surface area contributed by atoms with Gasteiger partial charge in [-0.15, -0.1) is 0 Å². The van der Waals surface area contributed by atoms with Gasteiger partial charge in [0.05, 0.1) is 0 Å². The van der Waals surface area contributed by atoms with Crippen LogP contribution in [0.4, 0.5) is 13.2 Å². The van der Waals surface area contributed by atoms with Gasteiger partial charge in [0, 0.05) is 0 Å². The Morgan fingerprint density at radius 2 is 1.80 bits per heavy atom. The van der Waals surface area contributed by atoms with Gasteiger partial charge in [-0.1, -0.05) is 37.3 Å². The molecule has 0 heterocycles. The Balaban J connectivity index is 2.87. The van der Waals surface area contributed by atoms with Crippen LogP contribution in [0.1, 0.15) is 32.8 Å². The molecule has 0 aliphatic heterocycles. The van der Waals surface area contributed by atoms with E-state index in [0.717, 1.165) is 12.5 Å². The number of halogens is 3. The molecule has 0 saturated heterocycles. The van der Waals surface area contributed by atoms with Crippen LogP contribution in [-0.4, -0.2) is 12.1 Å². The van der Waals surface area contributed by atoms with Crippen LogP contribution in [0.15, 0.2) is 36.1 Å². The molecule has 1 aromatic rings. The fraction of sp³-hybridized carbons (Fsp3) is 0.400. The van der Waals surface area contributed by atoms with E-state index in [2.05, 4.69) is 0 Å². The molecule has 1 unspecified atom stereocenters. The van der Waals surface area contributed by atoms with Crippen LogP contribution in [0.3, 0.4) is 0 Å². The molecule has 0 N–H and O–H groups in total. The van der Waals surface area contributed by atoms with E-state index in [1.54, 1.807) is 24.3 Å². The zero-order chi connectivity index (χ0) is 15.4. The van der Waals surface area contributed by atoms with E-state index in [1.165, 1.54) is 19.9 Å². The predicted molar refractivity (Wildman–Crippen MR) is 70.6 cm³/mol. The van der Waals surface area contributed by atoms with Crippen LogP contribution in [0, 0.1) is 5.41 Å². The smallest absolute Gasteiger partial charge is 0.404 e. The summed E-state index contributed by atoms with van der Waals surface area (Å²) in [6.07, 6.45) is -3.48. The standard InChI is InChI=1S/C15H17F3O2/c1-4-14(3,15(16,17)18)13(19)20-11(2)10-12-8-6-5-7-9-12/h5-10H,4H2,1-3H3/b11-10-. The fourth-order valence-electron chi connectivity index (χ4n) is 1.53. The molecule has 0 amide bonds. The predicted octanol–water partition coefficient (Wildman–Crippen LogP) is 4.57. The maximum atomic E-state index is 12.9. The van der Waals surface area contributed by atoms with Crippen LogP contribution in [0.5, 0.6) is 0 Å². The van der Waals surface area contributed by atoms with E-state index >= 15 is 0 Å². The van der Waals surface area contributed by atoms with Crippen molar-refractivity contribution in [2.24, 2.45) is 5.41 Å². The number of ether oxygens (including phenoxy) is 1. The molecule has 1 rings (SSSR count). The number of alkyl halides is 3. The van der Waals surface area contributed by atoms with Crippen molar-refractivity contribution >= 4 is 12.0 Å². The van der Waals surface area contributed by atoms with E-state index < -0.39 is 17.6 Å². The summed E-state index contributed by atoms with van der Waals surface area (Å²) in [6, 6.07) is 8.91. The van der Waals surface area contributed by atoms with Gasteiger partial charge in [-0.25, -0.2) is 0 Å². The van der Waals surface area contributed by atoms with Gasteiger partial charge in [0.2, 0.25) is 0 Å². The number of carbonyl (C=O) groups excluding carboxylic acids is 1. The first-order valence-corrected chi connectivity index (χ1v) is 6.23. The average molecular weight is 286 g/mol. The highest BCUT2D eigenvalue weighted by atomic mass is 19.4. The van der Waals surface area contributed by atoms with E-state index in [0.29, 0.717) is 0 Å². The van der Waals surface area contributed by atoms with Gasteiger partial charge in [-0.3, -0.25) is 4.79 Å². The van der Waals surface area contributed by atoms with Crippen LogP contribution in [0.2, 0.25) is 0 Å². The first kappa shape index (κ1) is 16.3. The van der Waals surface area contributed by atoms with Crippen LogP contribution in [0.25, 0.3) is 6.08 Å². The highest BCUT2D eigenvalue weighted by molar-refractivity contribution is 5.79. The number of hydrogen-bond donors (Lipinski definition) is 0. The summed E-state index contributed by atoms with van der Waals surface area (Å²) in [4.78, 5) is 11.8. The minimum atomic E-state index is -4.63. The zero-order valence-electron chi connectivity index (χ0n) is 11.6. The van der Waals surface area contributed by atoms with Gasteiger partial charge in [-0.05, 0) is 31.9 Å². The number of allylic oxidation sites excluding steroid dienone is 1. The molecule has 20 heavy (non-hydrogen) atoms. The van der Waals surface area contributed by atoms with E-state index in [-0.39, 0.29) is 12.2 Å². The maximum absolute atomic E-state index is 12.9. The Bertz CT molecular complexity index is 492. The highest BCUT2D eigenvalue weighted by Crippen LogP contribution is 2.42. The molecule has 0 aromatic heterocycles. The van der Waals surface area contributed by atoms with E-state index in [9.17, 15) is 18.0 Å². The van der Waals surface area contributed by atoms with Crippen molar-refractivity contribution in [1.29, 1.82) is 0 Å². The molecular weight excluding hydrogens is 269 g/mol. The van der Waals surface area contributed by atoms with Gasteiger partial charge in [0.1, 0.15) is 5.76 Å². The Morgan fingerprint density at radius 1 is 1.25 bits per heavy atom. The third-order valence-corrected chi connectivity index (χ3v) is 3.21. The summed E-state index contributed by atoms with van der Waals surface area (Å²) in [6.45, 7) is 3.62. The Hall–Kier alpha value is -1.78. The summed E-state index contributed by atoms with van der Waals surface area (Å²) < 4.78 is 43.6. The van der Waals surface area contributed by atoms with Crippen molar-refractivity contribution < 1.29 is 22.7 Å². The quantitative estimate of drug-likeness (QED) is 0.598. The number of carbonyl (C=O) groups is 1. The lowest BCUT2D eigenvalue weighted by atomic mass is 9.87. The van der Waals surface area contributed by atoms with Crippen LogP contribution in [-0.2, 0) is 9.53 Å². The summed E-state index contributed by atoms with van der Waals surface area (Å²) in [5.74, 6) is -1.15. The fourth-order valence-corrected chi connectivity index (χ4v) is 1.53. The topological polar surface area (TPSA) is 26.3 Å². The van der Waals surface area contributed by atoms with Crippen molar-refractivity contribution in [2.75, 3.05) is 0 Å². The monoisotopic (exact) mass is 286 g/mol. The molecule has 1 aromatic carbocycles. The average Bonchev–Trinajstić information content (AvgIpc) is 2.37. The second-order valence-electron chi connectivity index (χ2n) is 4.74. The van der Waals surface area contributed by atoms with E-state index in [1.807, 2.05) is 6.07 Å². The summed E-state index contributed by atoms with van der Waals surface area (Å²) in [7, 11) is 0. The minimum absolute atomic E-state index is 0.130. The Kier molecular flexibility index (Phi) is 4.98. The molecule has 0 bridgehead atoms. The van der Waals surface area contributed by atoms with Crippen molar-refractivity contribution in [1.82, 2.24) is 0 Å². The first-order chi connectivity index (χ1) is 9.20.